The fraction of sp³-hybridized carbons (Fsp3) is 0.625. The van der Waals surface area contributed by atoms with E-state index >= 15 is 0 Å². The SMILES string of the molecule is CCC1(CC)OC(CCOS(N)(=O)=O)C(Cc2ccccc2)O1. The van der Waals surface area contributed by atoms with Gasteiger partial charge in [-0.05, 0) is 18.4 Å². The first-order valence-electron chi connectivity index (χ1n) is 7.94. The fourth-order valence-electron chi connectivity index (χ4n) is 2.86. The van der Waals surface area contributed by atoms with Gasteiger partial charge in [-0.2, -0.15) is 8.42 Å². The Balaban J connectivity index is 2.05. The quantitative estimate of drug-likeness (QED) is 0.781. The molecule has 0 aliphatic carbocycles. The molecule has 0 spiro atoms. The topological polar surface area (TPSA) is 87.9 Å². The number of rotatable bonds is 8. The van der Waals surface area contributed by atoms with E-state index in [9.17, 15) is 8.42 Å². The lowest BCUT2D eigenvalue weighted by Crippen LogP contribution is -2.29. The predicted octanol–water partition coefficient (Wildman–Crippen LogP) is 2.14. The first-order chi connectivity index (χ1) is 10.9. The minimum absolute atomic E-state index is 0.0122. The van der Waals surface area contributed by atoms with Gasteiger partial charge in [0.05, 0.1) is 18.8 Å². The van der Waals surface area contributed by atoms with Gasteiger partial charge in [-0.25, -0.2) is 5.14 Å². The van der Waals surface area contributed by atoms with Crippen LogP contribution in [-0.2, 0) is 30.4 Å². The first-order valence-corrected chi connectivity index (χ1v) is 9.41. The number of hydrogen-bond acceptors (Lipinski definition) is 5. The average molecular weight is 343 g/mol. The molecule has 7 heteroatoms. The summed E-state index contributed by atoms with van der Waals surface area (Å²) in [6, 6.07) is 10.0. The van der Waals surface area contributed by atoms with Crippen molar-refractivity contribution < 1.29 is 22.1 Å². The van der Waals surface area contributed by atoms with Crippen molar-refractivity contribution in [3.8, 4) is 0 Å². The van der Waals surface area contributed by atoms with E-state index in [4.69, 9.17) is 14.6 Å². The van der Waals surface area contributed by atoms with E-state index < -0.39 is 16.1 Å². The average Bonchev–Trinajstić information content (AvgIpc) is 2.86. The van der Waals surface area contributed by atoms with Crippen LogP contribution in [0.2, 0.25) is 0 Å². The zero-order chi connectivity index (χ0) is 16.9. The zero-order valence-corrected chi connectivity index (χ0v) is 14.4. The Morgan fingerprint density at radius 2 is 1.74 bits per heavy atom. The van der Waals surface area contributed by atoms with Crippen LogP contribution in [0, 0.1) is 0 Å². The molecule has 1 heterocycles. The molecule has 0 radical (unpaired) electrons. The molecule has 0 aromatic heterocycles. The Kier molecular flexibility index (Phi) is 6.16. The molecule has 1 aromatic rings. The molecule has 2 atom stereocenters. The molecule has 23 heavy (non-hydrogen) atoms. The van der Waals surface area contributed by atoms with Gasteiger partial charge >= 0.3 is 10.3 Å². The molecule has 2 N–H and O–H groups in total. The summed E-state index contributed by atoms with van der Waals surface area (Å²) in [5, 5.41) is 4.86. The maximum absolute atomic E-state index is 10.9. The van der Waals surface area contributed by atoms with Crippen molar-refractivity contribution in [2.75, 3.05) is 6.61 Å². The van der Waals surface area contributed by atoms with Gasteiger partial charge < -0.3 is 9.47 Å². The van der Waals surface area contributed by atoms with E-state index in [1.54, 1.807) is 0 Å². The maximum atomic E-state index is 10.9. The maximum Gasteiger partial charge on any atom is 0.333 e. The fourth-order valence-corrected chi connectivity index (χ4v) is 3.19. The van der Waals surface area contributed by atoms with Gasteiger partial charge in [0.1, 0.15) is 0 Å². The van der Waals surface area contributed by atoms with E-state index in [1.165, 1.54) is 0 Å². The van der Waals surface area contributed by atoms with Crippen LogP contribution in [0.3, 0.4) is 0 Å². The molecule has 0 saturated carbocycles. The van der Waals surface area contributed by atoms with Crippen LogP contribution in [0.5, 0.6) is 0 Å². The van der Waals surface area contributed by atoms with Gasteiger partial charge in [-0.1, -0.05) is 44.2 Å². The Morgan fingerprint density at radius 3 is 2.30 bits per heavy atom. The van der Waals surface area contributed by atoms with Crippen molar-refractivity contribution in [3.63, 3.8) is 0 Å². The Morgan fingerprint density at radius 1 is 1.13 bits per heavy atom. The molecule has 0 amide bonds. The van der Waals surface area contributed by atoms with Crippen molar-refractivity contribution in [1.82, 2.24) is 0 Å². The molecule has 1 aromatic carbocycles. The summed E-state index contributed by atoms with van der Waals surface area (Å²) in [4.78, 5) is 0. The van der Waals surface area contributed by atoms with Crippen molar-refractivity contribution in [3.05, 3.63) is 35.9 Å². The Hall–Kier alpha value is -0.990. The van der Waals surface area contributed by atoms with Crippen molar-refractivity contribution in [2.45, 2.75) is 57.5 Å². The molecule has 130 valence electrons. The summed E-state index contributed by atoms with van der Waals surface area (Å²) in [5.74, 6) is -0.605. The highest BCUT2D eigenvalue weighted by Gasteiger charge is 2.44. The minimum Gasteiger partial charge on any atom is -0.344 e. The van der Waals surface area contributed by atoms with Gasteiger partial charge in [-0.15, -0.1) is 0 Å². The molecule has 1 aliphatic heterocycles. The van der Waals surface area contributed by atoms with Crippen LogP contribution in [0.1, 0.15) is 38.7 Å². The molecule has 1 aliphatic rings. The second-order valence-electron chi connectivity index (χ2n) is 5.72. The Labute approximate surface area is 138 Å². The third kappa shape index (κ3) is 5.26. The third-order valence-electron chi connectivity index (χ3n) is 4.15. The summed E-state index contributed by atoms with van der Waals surface area (Å²) in [6.07, 6.45) is 2.24. The van der Waals surface area contributed by atoms with Crippen LogP contribution >= 0.6 is 0 Å². The Bertz CT molecular complexity index is 586. The summed E-state index contributed by atoms with van der Waals surface area (Å²) in [7, 11) is -3.93. The molecule has 1 saturated heterocycles. The highest BCUT2D eigenvalue weighted by molar-refractivity contribution is 7.84. The van der Waals surface area contributed by atoms with Crippen LogP contribution in [0.25, 0.3) is 0 Å². The second-order valence-corrected chi connectivity index (χ2v) is 6.94. The van der Waals surface area contributed by atoms with E-state index in [-0.39, 0.29) is 18.8 Å². The minimum atomic E-state index is -3.93. The van der Waals surface area contributed by atoms with E-state index in [0.29, 0.717) is 12.8 Å². The van der Waals surface area contributed by atoms with Crippen LogP contribution < -0.4 is 5.14 Å². The first kappa shape index (κ1) is 18.4. The van der Waals surface area contributed by atoms with Gasteiger partial charge in [-0.3, -0.25) is 4.18 Å². The number of nitrogens with two attached hydrogens (primary N) is 1. The zero-order valence-electron chi connectivity index (χ0n) is 13.6. The van der Waals surface area contributed by atoms with E-state index in [0.717, 1.165) is 18.4 Å². The van der Waals surface area contributed by atoms with E-state index in [2.05, 4.69) is 4.18 Å². The van der Waals surface area contributed by atoms with Crippen molar-refractivity contribution in [1.29, 1.82) is 0 Å². The molecule has 2 unspecified atom stereocenters. The normalized spacial score (nSPS) is 24.0. The number of hydrogen-bond donors (Lipinski definition) is 1. The monoisotopic (exact) mass is 343 g/mol. The lowest BCUT2D eigenvalue weighted by atomic mass is 10.0. The summed E-state index contributed by atoms with van der Waals surface area (Å²) in [6.45, 7) is 4.03. The van der Waals surface area contributed by atoms with Crippen molar-refractivity contribution in [2.24, 2.45) is 5.14 Å². The van der Waals surface area contributed by atoms with Gasteiger partial charge in [0.2, 0.25) is 0 Å². The van der Waals surface area contributed by atoms with Gasteiger partial charge in [0.25, 0.3) is 0 Å². The smallest absolute Gasteiger partial charge is 0.333 e. The molecule has 0 bridgehead atoms. The highest BCUT2D eigenvalue weighted by Crippen LogP contribution is 2.37. The molecule has 6 nitrogen and oxygen atoms in total. The summed E-state index contributed by atoms with van der Waals surface area (Å²) in [5.41, 5.74) is 1.15. The summed E-state index contributed by atoms with van der Waals surface area (Å²) >= 11 is 0. The lowest BCUT2D eigenvalue weighted by molar-refractivity contribution is -0.179. The molecular formula is C16H25NO5S. The van der Waals surface area contributed by atoms with Crippen LogP contribution in [0.15, 0.2) is 30.3 Å². The number of benzene rings is 1. The number of ether oxygens (including phenoxy) is 2. The highest BCUT2D eigenvalue weighted by atomic mass is 32.2. The van der Waals surface area contributed by atoms with Gasteiger partial charge in [0, 0.05) is 12.8 Å². The van der Waals surface area contributed by atoms with E-state index in [1.807, 2.05) is 44.2 Å². The van der Waals surface area contributed by atoms with Crippen LogP contribution in [-0.4, -0.2) is 33.0 Å². The second kappa shape index (κ2) is 7.72. The third-order valence-corrected chi connectivity index (χ3v) is 4.65. The molecule has 2 rings (SSSR count). The predicted molar refractivity (Wildman–Crippen MR) is 86.9 cm³/mol. The largest absolute Gasteiger partial charge is 0.344 e. The standard InChI is InChI=1S/C16H25NO5S/c1-3-16(4-2)21-14(10-11-20-23(17,18)19)15(22-16)12-13-8-6-5-7-9-13/h5-9,14-15H,3-4,10-12H2,1-2H3,(H2,17,18,19). The lowest BCUT2D eigenvalue weighted by Gasteiger charge is -2.25. The molecule has 1 fully saturated rings. The molecular weight excluding hydrogens is 318 g/mol. The van der Waals surface area contributed by atoms with Gasteiger partial charge in [0.15, 0.2) is 5.79 Å². The van der Waals surface area contributed by atoms with Crippen LogP contribution in [0.4, 0.5) is 0 Å². The van der Waals surface area contributed by atoms with Crippen molar-refractivity contribution >= 4 is 10.3 Å². The summed E-state index contributed by atoms with van der Waals surface area (Å²) < 4.78 is 38.7.